The lowest BCUT2D eigenvalue weighted by molar-refractivity contribution is -0.125. The van der Waals surface area contributed by atoms with Gasteiger partial charge in [-0.3, -0.25) is 9.59 Å². The summed E-state index contributed by atoms with van der Waals surface area (Å²) in [5, 5.41) is 5.41. The SMILES string of the molecule is C/C=C\C=C(/CC)COc1ccc(C2CCC(CCC3CC[C@@H]4[C@H](C3)[C@H]4C(=O)NCC(=O)Nc3cccc(C(C)(F)F)c3)CC2)cc1. The molecule has 4 atom stereocenters. The number of alkyl halides is 2. The van der Waals surface area contributed by atoms with Gasteiger partial charge < -0.3 is 15.4 Å². The molecule has 3 aliphatic carbocycles. The van der Waals surface area contributed by atoms with Crippen molar-refractivity contribution in [3.8, 4) is 5.75 Å². The molecule has 0 heterocycles. The van der Waals surface area contributed by atoms with Gasteiger partial charge >= 0.3 is 0 Å². The van der Waals surface area contributed by atoms with Crippen LogP contribution < -0.4 is 15.4 Å². The summed E-state index contributed by atoms with van der Waals surface area (Å²) in [6.07, 6.45) is 18.2. The number of fused-ring (bicyclic) bond motifs is 1. The first kappa shape index (κ1) is 34.8. The lowest BCUT2D eigenvalue weighted by Gasteiger charge is -2.30. The minimum absolute atomic E-state index is 0.00510. The van der Waals surface area contributed by atoms with Gasteiger partial charge in [0.2, 0.25) is 11.8 Å². The minimum atomic E-state index is -2.98. The molecule has 1 unspecified atom stereocenters. The van der Waals surface area contributed by atoms with Crippen LogP contribution in [0.5, 0.6) is 5.75 Å². The number of halogens is 2. The Morgan fingerprint density at radius 2 is 1.68 bits per heavy atom. The molecule has 0 radical (unpaired) electrons. The Bertz CT molecular complexity index is 1410. The number of benzene rings is 2. The molecule has 2 N–H and O–H groups in total. The van der Waals surface area contributed by atoms with Gasteiger partial charge in [0.1, 0.15) is 12.4 Å². The second-order valence-electron chi connectivity index (χ2n) is 14.1. The van der Waals surface area contributed by atoms with Crippen LogP contribution in [0.3, 0.4) is 0 Å². The van der Waals surface area contributed by atoms with Crippen molar-refractivity contribution in [1.82, 2.24) is 5.32 Å². The van der Waals surface area contributed by atoms with E-state index >= 15 is 0 Å². The van der Waals surface area contributed by atoms with Crippen molar-refractivity contribution in [3.63, 3.8) is 0 Å². The zero-order valence-electron chi connectivity index (χ0n) is 28.3. The van der Waals surface area contributed by atoms with Crippen LogP contribution >= 0.6 is 0 Å². The molecule has 0 spiro atoms. The predicted molar refractivity (Wildman–Crippen MR) is 185 cm³/mol. The van der Waals surface area contributed by atoms with E-state index in [9.17, 15) is 18.4 Å². The number of carbonyl (C=O) groups is 2. The van der Waals surface area contributed by atoms with Gasteiger partial charge in [0, 0.05) is 24.1 Å². The fourth-order valence-electron chi connectivity index (χ4n) is 7.87. The number of hydrogen-bond donors (Lipinski definition) is 2. The third-order valence-electron chi connectivity index (χ3n) is 10.8. The third-order valence-corrected chi connectivity index (χ3v) is 10.8. The van der Waals surface area contributed by atoms with Gasteiger partial charge in [0.25, 0.3) is 5.92 Å². The molecule has 3 fully saturated rings. The van der Waals surface area contributed by atoms with Crippen molar-refractivity contribution < 1.29 is 23.1 Å². The number of nitrogens with one attached hydrogen (secondary N) is 2. The molecule has 7 heteroatoms. The van der Waals surface area contributed by atoms with Crippen molar-refractivity contribution in [2.75, 3.05) is 18.5 Å². The largest absolute Gasteiger partial charge is 0.489 e. The summed E-state index contributed by atoms with van der Waals surface area (Å²) in [6, 6.07) is 14.4. The second kappa shape index (κ2) is 16.1. The molecule has 254 valence electrons. The summed E-state index contributed by atoms with van der Waals surface area (Å²) in [7, 11) is 0. The van der Waals surface area contributed by atoms with E-state index in [1.807, 2.05) is 13.0 Å². The molecule has 3 saturated carbocycles. The van der Waals surface area contributed by atoms with Gasteiger partial charge in [0.05, 0.1) is 6.54 Å². The topological polar surface area (TPSA) is 67.4 Å². The highest BCUT2D eigenvalue weighted by Crippen LogP contribution is 2.57. The van der Waals surface area contributed by atoms with Crippen LogP contribution in [0.15, 0.2) is 72.3 Å². The number of amides is 2. The van der Waals surface area contributed by atoms with E-state index in [1.165, 1.54) is 74.3 Å². The highest BCUT2D eigenvalue weighted by atomic mass is 19.3. The van der Waals surface area contributed by atoms with Crippen LogP contribution in [-0.2, 0) is 15.5 Å². The van der Waals surface area contributed by atoms with E-state index in [1.54, 1.807) is 6.07 Å². The molecule has 0 aliphatic heterocycles. The predicted octanol–water partition coefficient (Wildman–Crippen LogP) is 9.56. The fraction of sp³-hybridized carbons (Fsp3) is 0.550. The van der Waals surface area contributed by atoms with Crippen LogP contribution in [0.4, 0.5) is 14.5 Å². The molecule has 47 heavy (non-hydrogen) atoms. The molecular weight excluding hydrogens is 594 g/mol. The molecular formula is C40H52F2N2O3. The molecule has 0 bridgehead atoms. The second-order valence-corrected chi connectivity index (χ2v) is 14.1. The molecule has 0 aromatic heterocycles. The summed E-state index contributed by atoms with van der Waals surface area (Å²) in [4.78, 5) is 25.3. The number of allylic oxidation sites excluding steroid dienone is 3. The Morgan fingerprint density at radius 3 is 2.38 bits per heavy atom. The van der Waals surface area contributed by atoms with Gasteiger partial charge in [-0.15, -0.1) is 0 Å². The van der Waals surface area contributed by atoms with Crippen molar-refractivity contribution in [2.24, 2.45) is 29.6 Å². The van der Waals surface area contributed by atoms with Crippen LogP contribution in [0.2, 0.25) is 0 Å². The van der Waals surface area contributed by atoms with Gasteiger partial charge in [-0.1, -0.05) is 68.7 Å². The third kappa shape index (κ3) is 9.77. The molecule has 2 aromatic rings. The molecule has 2 aromatic carbocycles. The summed E-state index contributed by atoms with van der Waals surface area (Å²) in [5.41, 5.74) is 2.86. The molecule has 0 saturated heterocycles. The standard InChI is InChI=1S/C40H52F2N2O3/c1-4-6-8-27(5-2)26-47-34-20-18-31(19-21-34)30-16-13-28(14-17-30)11-12-29-15-22-35-36(23-29)38(35)39(46)43-25-37(45)44-33-10-7-9-32(24-33)40(3,41)42/h4,6-10,18-21,24,28-30,35-36,38H,5,11-17,22-23,25-26H2,1-3H3,(H,43,46)(H,44,45)/b6-4-,27-8+/t28?,29?,30?,35-,36+,38+/m1/s1. The summed E-state index contributed by atoms with van der Waals surface area (Å²) < 4.78 is 33.2. The zero-order chi connectivity index (χ0) is 33.4. The summed E-state index contributed by atoms with van der Waals surface area (Å²) >= 11 is 0. The number of ether oxygens (including phenoxy) is 1. The van der Waals surface area contributed by atoms with Crippen LogP contribution in [0.1, 0.15) is 102 Å². The smallest absolute Gasteiger partial charge is 0.270 e. The maximum atomic E-state index is 13.6. The van der Waals surface area contributed by atoms with E-state index in [2.05, 4.69) is 54.0 Å². The number of rotatable bonds is 14. The Labute approximate surface area is 279 Å². The fourth-order valence-corrected chi connectivity index (χ4v) is 7.87. The normalized spacial score (nSPS) is 26.0. The van der Waals surface area contributed by atoms with E-state index in [0.29, 0.717) is 36.0 Å². The zero-order valence-corrected chi connectivity index (χ0v) is 28.3. The van der Waals surface area contributed by atoms with Crippen molar-refractivity contribution in [3.05, 3.63) is 83.5 Å². The van der Waals surface area contributed by atoms with Crippen LogP contribution in [0.25, 0.3) is 0 Å². The maximum absolute atomic E-state index is 13.6. The van der Waals surface area contributed by atoms with Gasteiger partial charge in [-0.25, -0.2) is 8.78 Å². The number of carbonyl (C=O) groups excluding carboxylic acids is 2. The highest BCUT2D eigenvalue weighted by molar-refractivity contribution is 5.95. The average molecular weight is 647 g/mol. The van der Waals surface area contributed by atoms with Crippen molar-refractivity contribution >= 4 is 17.5 Å². The Kier molecular flexibility index (Phi) is 11.9. The lowest BCUT2D eigenvalue weighted by Crippen LogP contribution is -2.34. The van der Waals surface area contributed by atoms with Crippen LogP contribution in [-0.4, -0.2) is 25.0 Å². The van der Waals surface area contributed by atoms with E-state index in [-0.39, 0.29) is 23.9 Å². The first-order valence-corrected chi connectivity index (χ1v) is 17.7. The maximum Gasteiger partial charge on any atom is 0.270 e. The summed E-state index contributed by atoms with van der Waals surface area (Å²) in [6.45, 7) is 5.48. The monoisotopic (exact) mass is 646 g/mol. The lowest BCUT2D eigenvalue weighted by atomic mass is 9.75. The Balaban J connectivity index is 0.975. The van der Waals surface area contributed by atoms with Gasteiger partial charge in [-0.2, -0.15) is 0 Å². The molecule has 5 nitrogen and oxygen atoms in total. The van der Waals surface area contributed by atoms with E-state index in [0.717, 1.165) is 37.9 Å². The highest BCUT2D eigenvalue weighted by Gasteiger charge is 2.56. The van der Waals surface area contributed by atoms with Crippen molar-refractivity contribution in [2.45, 2.75) is 96.8 Å². The number of hydrogen-bond acceptors (Lipinski definition) is 3. The van der Waals surface area contributed by atoms with Crippen molar-refractivity contribution in [1.29, 1.82) is 0 Å². The Morgan fingerprint density at radius 1 is 0.957 bits per heavy atom. The average Bonchev–Trinajstić information content (AvgIpc) is 3.80. The van der Waals surface area contributed by atoms with E-state index in [4.69, 9.17) is 4.74 Å². The van der Waals surface area contributed by atoms with Gasteiger partial charge in [-0.05, 0) is 117 Å². The first-order valence-electron chi connectivity index (χ1n) is 17.7. The Hall–Kier alpha value is -3.48. The molecule has 3 aliphatic rings. The summed E-state index contributed by atoms with van der Waals surface area (Å²) in [5.74, 6) is 0.484. The van der Waals surface area contributed by atoms with Gasteiger partial charge in [0.15, 0.2) is 0 Å². The minimum Gasteiger partial charge on any atom is -0.489 e. The first-order chi connectivity index (χ1) is 22.6. The molecule has 2 amide bonds. The quantitative estimate of drug-likeness (QED) is 0.201. The van der Waals surface area contributed by atoms with E-state index < -0.39 is 11.8 Å². The molecule has 5 rings (SSSR count). The number of anilines is 1. The van der Waals surface area contributed by atoms with Crippen LogP contribution in [0, 0.1) is 29.6 Å².